The first-order chi connectivity index (χ1) is 9.67. The van der Waals surface area contributed by atoms with Crippen molar-refractivity contribution in [3.63, 3.8) is 0 Å². The summed E-state index contributed by atoms with van der Waals surface area (Å²) in [5.74, 6) is 1.10. The van der Waals surface area contributed by atoms with Crippen LogP contribution in [0.5, 0.6) is 11.6 Å². The van der Waals surface area contributed by atoms with Gasteiger partial charge in [0.15, 0.2) is 4.96 Å². The maximum absolute atomic E-state index is 5.97. The fraction of sp³-hybridized carbons (Fsp3) is 0.154. The highest BCUT2D eigenvalue weighted by atomic mass is 35.5. The Hall–Kier alpha value is -1.27. The topological polar surface area (TPSA) is 52.5 Å². The molecule has 0 unspecified atom stereocenters. The molecule has 0 fully saturated rings. The number of halogens is 2. The van der Waals surface area contributed by atoms with E-state index in [1.54, 1.807) is 29.5 Å². The molecule has 2 aromatic heterocycles. The first-order valence-corrected chi connectivity index (χ1v) is 7.59. The highest BCUT2D eigenvalue weighted by Crippen LogP contribution is 2.31. The Bertz CT molecular complexity index is 733. The molecule has 0 atom stereocenters. The number of benzene rings is 1. The summed E-state index contributed by atoms with van der Waals surface area (Å²) in [5, 5.41) is 3.02. The fourth-order valence-corrected chi connectivity index (χ4v) is 3.19. The number of hydrogen-bond acceptors (Lipinski definition) is 4. The Kier molecular flexibility index (Phi) is 3.85. The molecule has 20 heavy (non-hydrogen) atoms. The first-order valence-electron chi connectivity index (χ1n) is 5.96. The molecule has 0 aliphatic carbocycles. The van der Waals surface area contributed by atoms with Crippen LogP contribution in [0.4, 0.5) is 0 Å². The van der Waals surface area contributed by atoms with Crippen molar-refractivity contribution in [2.24, 2.45) is 5.73 Å². The van der Waals surface area contributed by atoms with Gasteiger partial charge in [-0.2, -0.15) is 4.98 Å². The molecule has 104 valence electrons. The van der Waals surface area contributed by atoms with Gasteiger partial charge in [-0.3, -0.25) is 4.40 Å². The lowest BCUT2D eigenvalue weighted by Gasteiger charge is -2.06. The largest absolute Gasteiger partial charge is 0.437 e. The zero-order chi connectivity index (χ0) is 14.1. The fourth-order valence-electron chi connectivity index (χ4n) is 1.96. The molecule has 2 heterocycles. The lowest BCUT2D eigenvalue weighted by Crippen LogP contribution is -2.05. The summed E-state index contributed by atoms with van der Waals surface area (Å²) in [6.07, 6.45) is 2.64. The molecule has 0 saturated carbocycles. The standard InChI is InChI=1S/C13H11Cl2N3OS/c14-8-5-9(15)7-10(6-8)19-12-11(1-2-16)18-3-4-20-13(18)17-12/h3-7H,1-2,16H2. The van der Waals surface area contributed by atoms with E-state index in [0.29, 0.717) is 34.6 Å². The Morgan fingerprint density at radius 1 is 1.25 bits per heavy atom. The molecule has 0 saturated heterocycles. The van der Waals surface area contributed by atoms with Crippen molar-refractivity contribution >= 4 is 39.5 Å². The number of imidazole rings is 1. The Morgan fingerprint density at radius 3 is 2.70 bits per heavy atom. The molecular formula is C13H11Cl2N3OS. The third kappa shape index (κ3) is 2.62. The van der Waals surface area contributed by atoms with Crippen molar-refractivity contribution < 1.29 is 4.74 Å². The summed E-state index contributed by atoms with van der Waals surface area (Å²) in [7, 11) is 0. The van der Waals surface area contributed by atoms with E-state index in [0.717, 1.165) is 10.7 Å². The molecule has 0 amide bonds. The van der Waals surface area contributed by atoms with Crippen LogP contribution in [0, 0.1) is 0 Å². The average molecular weight is 328 g/mol. The summed E-state index contributed by atoms with van der Waals surface area (Å²) < 4.78 is 7.80. The van der Waals surface area contributed by atoms with Crippen LogP contribution in [0.2, 0.25) is 10.0 Å². The Labute approximate surface area is 129 Å². The zero-order valence-corrected chi connectivity index (χ0v) is 12.7. The number of nitrogens with zero attached hydrogens (tertiary/aromatic N) is 2. The average Bonchev–Trinajstić information content (AvgIpc) is 2.92. The van der Waals surface area contributed by atoms with E-state index in [2.05, 4.69) is 4.98 Å². The van der Waals surface area contributed by atoms with Gasteiger partial charge in [0.05, 0.1) is 5.69 Å². The number of rotatable bonds is 4. The second-order valence-corrected chi connectivity index (χ2v) is 5.91. The van der Waals surface area contributed by atoms with Gasteiger partial charge in [-0.05, 0) is 24.7 Å². The maximum Gasteiger partial charge on any atom is 0.242 e. The SMILES string of the molecule is NCCc1c(Oc2cc(Cl)cc(Cl)c2)nc2sccn12. The van der Waals surface area contributed by atoms with Crippen LogP contribution in [0.15, 0.2) is 29.8 Å². The molecular weight excluding hydrogens is 317 g/mol. The van der Waals surface area contributed by atoms with Crippen LogP contribution in [0.3, 0.4) is 0 Å². The normalized spacial score (nSPS) is 11.2. The van der Waals surface area contributed by atoms with Crippen molar-refractivity contribution in [1.29, 1.82) is 0 Å². The molecule has 0 radical (unpaired) electrons. The highest BCUT2D eigenvalue weighted by Gasteiger charge is 2.15. The lowest BCUT2D eigenvalue weighted by atomic mass is 10.3. The summed E-state index contributed by atoms with van der Waals surface area (Å²) in [6.45, 7) is 0.524. The first kappa shape index (κ1) is 13.7. The van der Waals surface area contributed by atoms with Gasteiger partial charge in [0.1, 0.15) is 5.75 Å². The second kappa shape index (κ2) is 5.61. The molecule has 3 aromatic rings. The van der Waals surface area contributed by atoms with Crippen LogP contribution in [-0.4, -0.2) is 15.9 Å². The van der Waals surface area contributed by atoms with Crippen molar-refractivity contribution in [2.75, 3.05) is 6.54 Å². The van der Waals surface area contributed by atoms with Crippen LogP contribution in [-0.2, 0) is 6.42 Å². The number of aromatic nitrogens is 2. The number of nitrogens with two attached hydrogens (primary N) is 1. The number of hydrogen-bond donors (Lipinski definition) is 1. The van der Waals surface area contributed by atoms with Crippen LogP contribution in [0.25, 0.3) is 4.96 Å². The van der Waals surface area contributed by atoms with E-state index in [4.69, 9.17) is 33.7 Å². The van der Waals surface area contributed by atoms with E-state index in [1.165, 1.54) is 0 Å². The summed E-state index contributed by atoms with van der Waals surface area (Å²) >= 11 is 13.5. The van der Waals surface area contributed by atoms with Crippen molar-refractivity contribution in [3.05, 3.63) is 45.5 Å². The van der Waals surface area contributed by atoms with Gasteiger partial charge >= 0.3 is 0 Å². The van der Waals surface area contributed by atoms with E-state index < -0.39 is 0 Å². The number of thiazole rings is 1. The van der Waals surface area contributed by atoms with Gasteiger partial charge in [0.25, 0.3) is 0 Å². The second-order valence-electron chi connectivity index (χ2n) is 4.17. The van der Waals surface area contributed by atoms with Crippen molar-refractivity contribution in [3.8, 4) is 11.6 Å². The molecule has 0 aliphatic rings. The predicted molar refractivity (Wildman–Crippen MR) is 82.4 cm³/mol. The molecule has 0 aliphatic heterocycles. The minimum Gasteiger partial charge on any atom is -0.437 e. The smallest absolute Gasteiger partial charge is 0.242 e. The van der Waals surface area contributed by atoms with E-state index in [9.17, 15) is 0 Å². The van der Waals surface area contributed by atoms with Crippen LogP contribution < -0.4 is 10.5 Å². The van der Waals surface area contributed by atoms with E-state index >= 15 is 0 Å². The molecule has 0 spiro atoms. The van der Waals surface area contributed by atoms with Gasteiger partial charge < -0.3 is 10.5 Å². The minimum absolute atomic E-state index is 0.522. The maximum atomic E-state index is 5.97. The summed E-state index contributed by atoms with van der Waals surface area (Å²) in [5.41, 5.74) is 6.60. The molecule has 4 nitrogen and oxygen atoms in total. The Balaban J connectivity index is 2.00. The van der Waals surface area contributed by atoms with Crippen molar-refractivity contribution in [1.82, 2.24) is 9.38 Å². The molecule has 2 N–H and O–H groups in total. The van der Waals surface area contributed by atoms with Gasteiger partial charge in [0, 0.05) is 28.0 Å². The highest BCUT2D eigenvalue weighted by molar-refractivity contribution is 7.15. The lowest BCUT2D eigenvalue weighted by molar-refractivity contribution is 0.459. The Morgan fingerprint density at radius 2 is 2.00 bits per heavy atom. The van der Waals surface area contributed by atoms with Crippen molar-refractivity contribution in [2.45, 2.75) is 6.42 Å². The summed E-state index contributed by atoms with van der Waals surface area (Å²) in [6, 6.07) is 5.06. The third-order valence-electron chi connectivity index (χ3n) is 2.76. The molecule has 1 aromatic carbocycles. The van der Waals surface area contributed by atoms with Gasteiger partial charge in [0.2, 0.25) is 5.88 Å². The number of ether oxygens (including phenoxy) is 1. The number of fused-ring (bicyclic) bond motifs is 1. The predicted octanol–water partition coefficient (Wildman–Crippen LogP) is 4.00. The van der Waals surface area contributed by atoms with Gasteiger partial charge in [-0.25, -0.2) is 0 Å². The minimum atomic E-state index is 0.522. The molecule has 7 heteroatoms. The van der Waals surface area contributed by atoms with Gasteiger partial charge in [-0.15, -0.1) is 11.3 Å². The third-order valence-corrected chi connectivity index (χ3v) is 3.95. The van der Waals surface area contributed by atoms with Gasteiger partial charge in [-0.1, -0.05) is 23.2 Å². The van der Waals surface area contributed by atoms with Crippen LogP contribution in [0.1, 0.15) is 5.69 Å². The quantitative estimate of drug-likeness (QED) is 0.788. The zero-order valence-electron chi connectivity index (χ0n) is 10.3. The molecule has 0 bridgehead atoms. The van der Waals surface area contributed by atoms with E-state index in [1.807, 2.05) is 16.0 Å². The molecule has 3 rings (SSSR count). The monoisotopic (exact) mass is 327 g/mol. The van der Waals surface area contributed by atoms with E-state index in [-0.39, 0.29) is 0 Å². The van der Waals surface area contributed by atoms with Crippen LogP contribution >= 0.6 is 34.5 Å². The summed E-state index contributed by atoms with van der Waals surface area (Å²) in [4.78, 5) is 5.34.